The van der Waals surface area contributed by atoms with Crippen molar-refractivity contribution in [3.8, 4) is 0 Å². The lowest BCUT2D eigenvalue weighted by Crippen LogP contribution is -2.20. The van der Waals surface area contributed by atoms with E-state index in [0.717, 1.165) is 28.6 Å². The third-order valence-corrected chi connectivity index (χ3v) is 4.11. The molecule has 3 heterocycles. The summed E-state index contributed by atoms with van der Waals surface area (Å²) in [6.45, 7) is 0. The fourth-order valence-electron chi connectivity index (χ4n) is 2.06. The molecule has 82 valence electrons. The van der Waals surface area contributed by atoms with E-state index in [9.17, 15) is 4.79 Å². The Morgan fingerprint density at radius 3 is 3.00 bits per heavy atom. The summed E-state index contributed by atoms with van der Waals surface area (Å²) in [4.78, 5) is 21.0. The van der Waals surface area contributed by atoms with E-state index in [0.29, 0.717) is 11.7 Å². The first-order valence-electron chi connectivity index (χ1n) is 5.41. The van der Waals surface area contributed by atoms with E-state index in [1.54, 1.807) is 11.8 Å². The van der Waals surface area contributed by atoms with Gasteiger partial charge in [-0.2, -0.15) is 21.3 Å². The van der Waals surface area contributed by atoms with Crippen LogP contribution in [0.3, 0.4) is 0 Å². The summed E-state index contributed by atoms with van der Waals surface area (Å²) >= 11 is 1.74. The summed E-state index contributed by atoms with van der Waals surface area (Å²) in [6, 6.07) is 0. The first-order chi connectivity index (χ1) is 7.83. The molecule has 1 fully saturated rings. The van der Waals surface area contributed by atoms with Crippen LogP contribution in [0.25, 0.3) is 5.78 Å². The molecule has 0 atom stereocenters. The molecule has 1 aliphatic heterocycles. The molecule has 0 radical (unpaired) electrons. The number of rotatable bonds is 1. The minimum absolute atomic E-state index is 0.0319. The van der Waals surface area contributed by atoms with Crippen molar-refractivity contribution in [2.75, 3.05) is 0 Å². The number of thioether (sulfide) groups is 1. The Hall–Kier alpha value is -1.30. The van der Waals surface area contributed by atoms with Gasteiger partial charge in [-0.15, -0.1) is 0 Å². The monoisotopic (exact) mass is 234 g/mol. The van der Waals surface area contributed by atoms with Crippen molar-refractivity contribution < 1.29 is 0 Å². The van der Waals surface area contributed by atoms with Crippen LogP contribution in [-0.4, -0.2) is 19.6 Å². The molecule has 1 N–H and O–H groups in total. The number of nitrogens with one attached hydrogen (secondary N) is 1. The van der Waals surface area contributed by atoms with Crippen molar-refractivity contribution in [1.82, 2.24) is 19.6 Å². The molecular formula is C10H10N4OS. The van der Waals surface area contributed by atoms with E-state index in [4.69, 9.17) is 0 Å². The zero-order chi connectivity index (χ0) is 10.7. The number of fused-ring (bicyclic) bond motifs is 2. The molecule has 0 bridgehead atoms. The predicted molar refractivity (Wildman–Crippen MR) is 60.6 cm³/mol. The quantitative estimate of drug-likeness (QED) is 0.800. The number of H-pyrrole nitrogens is 1. The highest BCUT2D eigenvalue weighted by Gasteiger charge is 2.28. The molecule has 0 aromatic carbocycles. The van der Waals surface area contributed by atoms with E-state index < -0.39 is 0 Å². The fraction of sp³-hybridized carbons (Fsp3) is 0.500. The Bertz CT molecular complexity index is 640. The lowest BCUT2D eigenvalue weighted by Gasteiger charge is -1.96. The topological polar surface area (TPSA) is 63.0 Å². The van der Waals surface area contributed by atoms with E-state index in [2.05, 4.69) is 15.1 Å². The van der Waals surface area contributed by atoms with Crippen LogP contribution in [0.15, 0.2) is 4.79 Å². The third-order valence-electron chi connectivity index (χ3n) is 3.14. The normalized spacial score (nSPS) is 19.2. The molecule has 0 unspecified atom stereocenters. The molecule has 1 aliphatic carbocycles. The Balaban J connectivity index is 2.04. The third kappa shape index (κ3) is 1.10. The molecule has 6 heteroatoms. The van der Waals surface area contributed by atoms with Crippen LogP contribution >= 0.6 is 11.8 Å². The number of nitrogens with zero attached hydrogens (tertiary/aromatic N) is 3. The smallest absolute Gasteiger partial charge is 0.275 e. The molecule has 0 spiro atoms. The van der Waals surface area contributed by atoms with Gasteiger partial charge in [-0.25, -0.2) is 4.98 Å². The Morgan fingerprint density at radius 1 is 1.31 bits per heavy atom. The highest BCUT2D eigenvalue weighted by molar-refractivity contribution is 7.98. The first-order valence-corrected chi connectivity index (χ1v) is 6.56. The molecule has 4 rings (SSSR count). The lowest BCUT2D eigenvalue weighted by atomic mass is 10.3. The van der Waals surface area contributed by atoms with Crippen LogP contribution in [0.4, 0.5) is 0 Å². The van der Waals surface area contributed by atoms with Gasteiger partial charge < -0.3 is 0 Å². The molecule has 2 aromatic heterocycles. The maximum atomic E-state index is 12.1. The van der Waals surface area contributed by atoms with Gasteiger partial charge in [-0.3, -0.25) is 9.89 Å². The second-order valence-electron chi connectivity index (χ2n) is 4.35. The summed E-state index contributed by atoms with van der Waals surface area (Å²) in [6.07, 6.45) is 2.34. The number of hydrogen-bond acceptors (Lipinski definition) is 4. The number of hydrogen-bond donors (Lipinski definition) is 1. The van der Waals surface area contributed by atoms with Crippen LogP contribution in [-0.2, 0) is 11.5 Å². The Kier molecular flexibility index (Phi) is 1.59. The van der Waals surface area contributed by atoms with Gasteiger partial charge in [0.2, 0.25) is 0 Å². The summed E-state index contributed by atoms with van der Waals surface area (Å²) in [7, 11) is 0. The molecule has 2 aromatic rings. The number of aromatic amines is 1. The van der Waals surface area contributed by atoms with Crippen LogP contribution in [0.1, 0.15) is 35.8 Å². The molecule has 0 amide bonds. The van der Waals surface area contributed by atoms with Crippen molar-refractivity contribution in [3.63, 3.8) is 0 Å². The zero-order valence-corrected chi connectivity index (χ0v) is 9.38. The predicted octanol–water partition coefficient (Wildman–Crippen LogP) is 1.04. The van der Waals surface area contributed by atoms with Gasteiger partial charge in [0.1, 0.15) is 5.82 Å². The van der Waals surface area contributed by atoms with E-state index >= 15 is 0 Å². The highest BCUT2D eigenvalue weighted by Crippen LogP contribution is 2.38. The van der Waals surface area contributed by atoms with Gasteiger partial charge in [-0.1, -0.05) is 0 Å². The molecular weight excluding hydrogens is 224 g/mol. The summed E-state index contributed by atoms with van der Waals surface area (Å²) in [5.74, 6) is 3.59. The zero-order valence-electron chi connectivity index (χ0n) is 8.56. The van der Waals surface area contributed by atoms with Gasteiger partial charge in [0.05, 0.1) is 11.3 Å². The van der Waals surface area contributed by atoms with Gasteiger partial charge in [0.15, 0.2) is 0 Å². The first kappa shape index (κ1) is 8.81. The highest BCUT2D eigenvalue weighted by atomic mass is 32.2. The summed E-state index contributed by atoms with van der Waals surface area (Å²) in [5, 5.41) is 3.08. The average molecular weight is 234 g/mol. The second kappa shape index (κ2) is 2.88. The number of aromatic nitrogens is 4. The van der Waals surface area contributed by atoms with Crippen LogP contribution in [0.2, 0.25) is 0 Å². The van der Waals surface area contributed by atoms with Crippen LogP contribution < -0.4 is 5.56 Å². The van der Waals surface area contributed by atoms with Gasteiger partial charge in [0, 0.05) is 17.4 Å². The Morgan fingerprint density at radius 2 is 2.19 bits per heavy atom. The van der Waals surface area contributed by atoms with E-state index in [1.807, 2.05) is 0 Å². The Labute approximate surface area is 95.3 Å². The molecule has 2 aliphatic rings. The van der Waals surface area contributed by atoms with Crippen molar-refractivity contribution in [3.05, 3.63) is 27.4 Å². The van der Waals surface area contributed by atoms with Crippen molar-refractivity contribution >= 4 is 17.5 Å². The van der Waals surface area contributed by atoms with Crippen LogP contribution in [0.5, 0.6) is 0 Å². The molecule has 0 saturated heterocycles. The van der Waals surface area contributed by atoms with Crippen molar-refractivity contribution in [2.24, 2.45) is 0 Å². The molecule has 1 saturated carbocycles. The van der Waals surface area contributed by atoms with Crippen molar-refractivity contribution in [1.29, 1.82) is 0 Å². The van der Waals surface area contributed by atoms with E-state index in [-0.39, 0.29) is 5.56 Å². The standard InChI is InChI=1S/C10H10N4OS/c15-9-6-3-16-4-7(6)11-10-12-8(5-1-2-5)13-14(9)10/h5H,1-4H2,(H,11,12,13). The van der Waals surface area contributed by atoms with E-state index in [1.165, 1.54) is 17.4 Å². The minimum atomic E-state index is 0.0319. The maximum absolute atomic E-state index is 12.1. The second-order valence-corrected chi connectivity index (χ2v) is 5.34. The average Bonchev–Trinajstić information content (AvgIpc) is 2.87. The van der Waals surface area contributed by atoms with Crippen molar-refractivity contribution in [2.45, 2.75) is 30.3 Å². The largest absolute Gasteiger partial charge is 0.278 e. The minimum Gasteiger partial charge on any atom is -0.275 e. The lowest BCUT2D eigenvalue weighted by molar-refractivity contribution is 0.835. The maximum Gasteiger partial charge on any atom is 0.278 e. The SMILES string of the molecule is O=c1c2c(nc3nc(C4CC4)[nH]n13)CSC2. The van der Waals surface area contributed by atoms with Gasteiger partial charge in [-0.05, 0) is 12.8 Å². The molecule has 5 nitrogen and oxygen atoms in total. The van der Waals surface area contributed by atoms with Gasteiger partial charge >= 0.3 is 0 Å². The van der Waals surface area contributed by atoms with Crippen LogP contribution in [0, 0.1) is 0 Å². The summed E-state index contributed by atoms with van der Waals surface area (Å²) in [5.41, 5.74) is 1.79. The summed E-state index contributed by atoms with van der Waals surface area (Å²) < 4.78 is 1.50. The van der Waals surface area contributed by atoms with Gasteiger partial charge in [0.25, 0.3) is 11.3 Å². The molecule has 16 heavy (non-hydrogen) atoms. The fourth-order valence-corrected chi connectivity index (χ4v) is 3.09.